The van der Waals surface area contributed by atoms with E-state index in [9.17, 15) is 4.79 Å². The third-order valence-corrected chi connectivity index (χ3v) is 2.42. The molecule has 0 heterocycles. The molecule has 0 aliphatic carbocycles. The van der Waals surface area contributed by atoms with Gasteiger partial charge in [0, 0.05) is 19.6 Å². The topological polar surface area (TPSA) is 43.8 Å². The molecule has 0 aliphatic rings. The van der Waals surface area contributed by atoms with Crippen LogP contribution in [0.25, 0.3) is 0 Å². The first-order valence-corrected chi connectivity index (χ1v) is 5.80. The molecule has 0 rings (SSSR count). The van der Waals surface area contributed by atoms with Gasteiger partial charge >= 0.3 is 0 Å². The maximum atomic E-state index is 11.9. The molecule has 1 amide bonds. The van der Waals surface area contributed by atoms with Crippen LogP contribution in [0, 0.1) is 0 Å². The van der Waals surface area contributed by atoms with Crippen molar-refractivity contribution in [1.82, 2.24) is 9.80 Å². The Labute approximate surface area is 98.5 Å². The highest BCUT2D eigenvalue weighted by atomic mass is 16.3. The highest BCUT2D eigenvalue weighted by molar-refractivity contribution is 5.78. The second kappa shape index (κ2) is 8.30. The van der Waals surface area contributed by atoms with Crippen molar-refractivity contribution < 1.29 is 9.90 Å². The SMILES string of the molecule is C=C(C)CN(CC)C(=O)CN(CC)CCO. The summed E-state index contributed by atoms with van der Waals surface area (Å²) in [6, 6.07) is 0. The van der Waals surface area contributed by atoms with Gasteiger partial charge in [0.25, 0.3) is 0 Å². The van der Waals surface area contributed by atoms with E-state index in [0.29, 0.717) is 26.2 Å². The molecule has 0 spiro atoms. The van der Waals surface area contributed by atoms with Gasteiger partial charge in [-0.1, -0.05) is 19.1 Å². The van der Waals surface area contributed by atoms with Gasteiger partial charge in [-0.15, -0.1) is 0 Å². The summed E-state index contributed by atoms with van der Waals surface area (Å²) in [5.41, 5.74) is 0.986. The molecular weight excluding hydrogens is 204 g/mol. The molecule has 0 unspecified atom stereocenters. The monoisotopic (exact) mass is 228 g/mol. The fraction of sp³-hybridized carbons (Fsp3) is 0.750. The van der Waals surface area contributed by atoms with Crippen molar-refractivity contribution in [3.05, 3.63) is 12.2 Å². The van der Waals surface area contributed by atoms with Crippen molar-refractivity contribution in [1.29, 1.82) is 0 Å². The average molecular weight is 228 g/mol. The molecule has 94 valence electrons. The van der Waals surface area contributed by atoms with E-state index in [1.807, 2.05) is 25.7 Å². The van der Waals surface area contributed by atoms with Gasteiger partial charge in [-0.05, 0) is 20.4 Å². The maximum absolute atomic E-state index is 11.9. The molecule has 0 atom stereocenters. The Kier molecular flexibility index (Phi) is 7.85. The molecule has 0 radical (unpaired) electrons. The number of hydrogen-bond donors (Lipinski definition) is 1. The molecule has 4 heteroatoms. The van der Waals surface area contributed by atoms with Crippen molar-refractivity contribution in [3.63, 3.8) is 0 Å². The summed E-state index contributed by atoms with van der Waals surface area (Å²) in [7, 11) is 0. The zero-order valence-corrected chi connectivity index (χ0v) is 10.7. The lowest BCUT2D eigenvalue weighted by Gasteiger charge is -2.25. The Balaban J connectivity index is 4.22. The number of aliphatic hydroxyl groups is 1. The van der Waals surface area contributed by atoms with Gasteiger partial charge in [-0.2, -0.15) is 0 Å². The molecule has 0 fully saturated rings. The van der Waals surface area contributed by atoms with Crippen LogP contribution >= 0.6 is 0 Å². The van der Waals surface area contributed by atoms with Crippen molar-refractivity contribution in [2.24, 2.45) is 0 Å². The molecule has 1 N–H and O–H groups in total. The normalized spacial score (nSPS) is 10.6. The van der Waals surface area contributed by atoms with E-state index >= 15 is 0 Å². The molecule has 0 aromatic heterocycles. The number of likely N-dealkylation sites (N-methyl/N-ethyl adjacent to an activating group) is 2. The lowest BCUT2D eigenvalue weighted by molar-refractivity contribution is -0.131. The predicted molar refractivity (Wildman–Crippen MR) is 66.3 cm³/mol. The molecule has 16 heavy (non-hydrogen) atoms. The summed E-state index contributed by atoms with van der Waals surface area (Å²) in [5.74, 6) is 0.0980. The molecule has 0 saturated heterocycles. The summed E-state index contributed by atoms with van der Waals surface area (Å²) >= 11 is 0. The zero-order chi connectivity index (χ0) is 12.6. The number of hydrogen-bond acceptors (Lipinski definition) is 3. The van der Waals surface area contributed by atoms with Crippen LogP contribution in [0.4, 0.5) is 0 Å². The van der Waals surface area contributed by atoms with E-state index in [0.717, 1.165) is 12.1 Å². The molecule has 0 aromatic carbocycles. The van der Waals surface area contributed by atoms with E-state index in [-0.39, 0.29) is 12.5 Å². The van der Waals surface area contributed by atoms with Crippen molar-refractivity contribution in [3.8, 4) is 0 Å². The molecule has 0 saturated carbocycles. The minimum atomic E-state index is 0.0910. The summed E-state index contributed by atoms with van der Waals surface area (Å²) < 4.78 is 0. The third kappa shape index (κ3) is 5.88. The molecule has 0 bridgehead atoms. The maximum Gasteiger partial charge on any atom is 0.237 e. The van der Waals surface area contributed by atoms with Crippen LogP contribution in [0.3, 0.4) is 0 Å². The zero-order valence-electron chi connectivity index (χ0n) is 10.7. The van der Waals surface area contributed by atoms with Crippen LogP contribution in [-0.2, 0) is 4.79 Å². The first kappa shape index (κ1) is 15.1. The van der Waals surface area contributed by atoms with Gasteiger partial charge in [0.05, 0.1) is 13.2 Å². The Bertz CT molecular complexity index is 229. The minimum Gasteiger partial charge on any atom is -0.395 e. The smallest absolute Gasteiger partial charge is 0.237 e. The largest absolute Gasteiger partial charge is 0.395 e. The summed E-state index contributed by atoms with van der Waals surface area (Å²) in [6.45, 7) is 12.8. The van der Waals surface area contributed by atoms with Gasteiger partial charge in [-0.25, -0.2) is 0 Å². The quantitative estimate of drug-likeness (QED) is 0.623. The summed E-state index contributed by atoms with van der Waals surface area (Å²) in [5, 5.41) is 8.84. The van der Waals surface area contributed by atoms with E-state index in [4.69, 9.17) is 5.11 Å². The highest BCUT2D eigenvalue weighted by Gasteiger charge is 2.14. The van der Waals surface area contributed by atoms with Crippen LogP contribution in [0.1, 0.15) is 20.8 Å². The van der Waals surface area contributed by atoms with E-state index in [1.54, 1.807) is 4.90 Å². The summed E-state index contributed by atoms with van der Waals surface area (Å²) in [6.07, 6.45) is 0. The fourth-order valence-corrected chi connectivity index (χ4v) is 1.48. The standard InChI is InChI=1S/C12H24N2O2/c1-5-13(7-8-15)10-12(16)14(6-2)9-11(3)4/h15H,3,5-10H2,1-2,4H3. The van der Waals surface area contributed by atoms with Crippen LogP contribution in [0.2, 0.25) is 0 Å². The first-order valence-electron chi connectivity index (χ1n) is 5.80. The van der Waals surface area contributed by atoms with Crippen molar-refractivity contribution >= 4 is 5.91 Å². The van der Waals surface area contributed by atoms with Gasteiger partial charge in [0.15, 0.2) is 0 Å². The first-order chi connectivity index (χ1) is 7.54. The predicted octanol–water partition coefficient (Wildman–Crippen LogP) is 0.725. The van der Waals surface area contributed by atoms with Crippen molar-refractivity contribution in [2.75, 3.05) is 39.3 Å². The van der Waals surface area contributed by atoms with E-state index in [1.165, 1.54) is 0 Å². The number of nitrogens with zero attached hydrogens (tertiary/aromatic N) is 2. The Morgan fingerprint density at radius 3 is 2.25 bits per heavy atom. The number of aliphatic hydroxyl groups excluding tert-OH is 1. The van der Waals surface area contributed by atoms with Crippen LogP contribution in [0.15, 0.2) is 12.2 Å². The Morgan fingerprint density at radius 1 is 1.25 bits per heavy atom. The van der Waals surface area contributed by atoms with E-state index in [2.05, 4.69) is 6.58 Å². The lowest BCUT2D eigenvalue weighted by atomic mass is 10.3. The Morgan fingerprint density at radius 2 is 1.88 bits per heavy atom. The van der Waals surface area contributed by atoms with Gasteiger partial charge < -0.3 is 10.0 Å². The number of carbonyl (C=O) groups excluding carboxylic acids is 1. The number of carbonyl (C=O) groups is 1. The molecule has 0 aliphatic heterocycles. The van der Waals surface area contributed by atoms with Crippen LogP contribution in [-0.4, -0.2) is 60.1 Å². The minimum absolute atomic E-state index is 0.0910. The molecular formula is C12H24N2O2. The molecule has 4 nitrogen and oxygen atoms in total. The fourth-order valence-electron chi connectivity index (χ4n) is 1.48. The van der Waals surface area contributed by atoms with Crippen LogP contribution in [0.5, 0.6) is 0 Å². The van der Waals surface area contributed by atoms with Crippen molar-refractivity contribution in [2.45, 2.75) is 20.8 Å². The van der Waals surface area contributed by atoms with E-state index < -0.39 is 0 Å². The lowest BCUT2D eigenvalue weighted by Crippen LogP contribution is -2.41. The van der Waals surface area contributed by atoms with Crippen LogP contribution < -0.4 is 0 Å². The van der Waals surface area contributed by atoms with Gasteiger partial charge in [0.2, 0.25) is 5.91 Å². The summed E-state index contributed by atoms with van der Waals surface area (Å²) in [4.78, 5) is 15.6. The second-order valence-corrected chi connectivity index (χ2v) is 3.96. The molecule has 0 aromatic rings. The Hall–Kier alpha value is -0.870. The highest BCUT2D eigenvalue weighted by Crippen LogP contribution is 1.98. The average Bonchev–Trinajstić information content (AvgIpc) is 2.24. The van der Waals surface area contributed by atoms with Gasteiger partial charge in [0.1, 0.15) is 0 Å². The number of amides is 1. The third-order valence-electron chi connectivity index (χ3n) is 2.42. The second-order valence-electron chi connectivity index (χ2n) is 3.96. The van der Waals surface area contributed by atoms with Gasteiger partial charge in [-0.3, -0.25) is 9.69 Å². The number of rotatable bonds is 8.